The Balaban J connectivity index is 1.90. The van der Waals surface area contributed by atoms with Crippen LogP contribution in [-0.2, 0) is 4.74 Å². The summed E-state index contributed by atoms with van der Waals surface area (Å²) in [5.41, 5.74) is 1.36. The maximum absolute atomic E-state index is 12.6. The summed E-state index contributed by atoms with van der Waals surface area (Å²) in [5, 5.41) is 2.69. The smallest absolute Gasteiger partial charge is 0.408 e. The van der Waals surface area contributed by atoms with Crippen LogP contribution in [0.2, 0.25) is 0 Å². The number of hydrogen-bond donors (Lipinski definition) is 1. The molecule has 2 aromatic rings. The minimum atomic E-state index is -0.846. The monoisotopic (exact) mass is 345 g/mol. The van der Waals surface area contributed by atoms with Crippen molar-refractivity contribution in [1.29, 1.82) is 0 Å². The fourth-order valence-corrected chi connectivity index (χ4v) is 2.59. The fourth-order valence-electron chi connectivity index (χ4n) is 2.32. The van der Waals surface area contributed by atoms with Crippen LogP contribution in [0.25, 0.3) is 0 Å². The molecule has 0 aliphatic carbocycles. The van der Waals surface area contributed by atoms with E-state index in [0.717, 1.165) is 10.0 Å². The summed E-state index contributed by atoms with van der Waals surface area (Å²) in [6, 6.07) is 15.9. The van der Waals surface area contributed by atoms with Crippen molar-refractivity contribution in [3.8, 4) is 0 Å². The third kappa shape index (κ3) is 2.83. The molecule has 3 rings (SSSR count). The predicted molar refractivity (Wildman–Crippen MR) is 81.1 cm³/mol. The molecule has 1 saturated heterocycles. The molecule has 4 nitrogen and oxygen atoms in total. The first kappa shape index (κ1) is 13.8. The Morgan fingerprint density at radius 2 is 1.71 bits per heavy atom. The molecule has 0 aromatic heterocycles. The van der Waals surface area contributed by atoms with Crippen LogP contribution in [0.4, 0.5) is 4.79 Å². The molecule has 1 aliphatic rings. The molecule has 1 N–H and O–H groups in total. The van der Waals surface area contributed by atoms with Crippen LogP contribution in [0.3, 0.4) is 0 Å². The fraction of sp³-hybridized carbons (Fsp3) is 0.125. The van der Waals surface area contributed by atoms with Crippen LogP contribution in [-0.4, -0.2) is 18.0 Å². The third-order valence-corrected chi connectivity index (χ3v) is 3.88. The number of ether oxygens (including phenoxy) is 1. The van der Waals surface area contributed by atoms with E-state index in [1.165, 1.54) is 0 Å². The van der Waals surface area contributed by atoms with Gasteiger partial charge in [0.2, 0.25) is 5.78 Å². The molecule has 0 unspecified atom stereocenters. The Bertz CT molecular complexity index is 670. The van der Waals surface area contributed by atoms with Crippen molar-refractivity contribution >= 4 is 27.8 Å². The van der Waals surface area contributed by atoms with Crippen LogP contribution in [0.15, 0.2) is 59.1 Å². The third-order valence-electron chi connectivity index (χ3n) is 3.36. The van der Waals surface area contributed by atoms with Crippen molar-refractivity contribution in [2.75, 3.05) is 0 Å². The Morgan fingerprint density at radius 3 is 2.38 bits per heavy atom. The number of hydrogen-bond acceptors (Lipinski definition) is 3. The second-order valence-corrected chi connectivity index (χ2v) is 5.65. The normalized spacial score (nSPS) is 20.7. The Hall–Kier alpha value is -2.14. The highest BCUT2D eigenvalue weighted by Gasteiger charge is 2.40. The average Bonchev–Trinajstić information content (AvgIpc) is 2.90. The van der Waals surface area contributed by atoms with Gasteiger partial charge in [-0.1, -0.05) is 58.4 Å². The Kier molecular flexibility index (Phi) is 3.75. The molecule has 0 spiro atoms. The highest BCUT2D eigenvalue weighted by atomic mass is 79.9. The van der Waals surface area contributed by atoms with Crippen LogP contribution < -0.4 is 5.32 Å². The van der Waals surface area contributed by atoms with E-state index in [1.807, 2.05) is 30.3 Å². The largest absolute Gasteiger partial charge is 0.435 e. The summed E-state index contributed by atoms with van der Waals surface area (Å²) >= 11 is 3.33. The molecule has 0 saturated carbocycles. The maximum Gasteiger partial charge on any atom is 0.408 e. The number of cyclic esters (lactones) is 1. The first-order chi connectivity index (χ1) is 10.1. The summed E-state index contributed by atoms with van der Waals surface area (Å²) < 4.78 is 6.05. The van der Waals surface area contributed by atoms with E-state index in [-0.39, 0.29) is 5.78 Å². The van der Waals surface area contributed by atoms with Gasteiger partial charge in [0.15, 0.2) is 6.10 Å². The van der Waals surface area contributed by atoms with Crippen LogP contribution in [0, 0.1) is 0 Å². The molecular formula is C16H12BrNO3. The second kappa shape index (κ2) is 5.69. The Labute approximate surface area is 130 Å². The summed E-state index contributed by atoms with van der Waals surface area (Å²) in [5.74, 6) is -0.213. The van der Waals surface area contributed by atoms with Gasteiger partial charge in [0.05, 0.1) is 0 Å². The van der Waals surface area contributed by atoms with E-state index >= 15 is 0 Å². The van der Waals surface area contributed by atoms with Crippen LogP contribution in [0.5, 0.6) is 0 Å². The van der Waals surface area contributed by atoms with Gasteiger partial charge < -0.3 is 10.1 Å². The number of Topliss-reactive ketones (excluding diaryl/α,β-unsaturated/α-hetero) is 1. The highest BCUT2D eigenvalue weighted by Crippen LogP contribution is 2.27. The summed E-state index contributed by atoms with van der Waals surface area (Å²) in [6.07, 6.45) is -1.42. The number of ketones is 1. The molecule has 2 aromatic carbocycles. The first-order valence-electron chi connectivity index (χ1n) is 6.47. The lowest BCUT2D eigenvalue weighted by molar-refractivity contribution is 0.0721. The molecular weight excluding hydrogens is 334 g/mol. The average molecular weight is 346 g/mol. The molecule has 0 bridgehead atoms. The molecule has 1 heterocycles. The molecule has 2 atom stereocenters. The van der Waals surface area contributed by atoms with E-state index in [0.29, 0.717) is 5.56 Å². The molecule has 1 aliphatic heterocycles. The molecule has 21 heavy (non-hydrogen) atoms. The first-order valence-corrected chi connectivity index (χ1v) is 7.26. The van der Waals surface area contributed by atoms with Gasteiger partial charge >= 0.3 is 6.09 Å². The topological polar surface area (TPSA) is 55.4 Å². The summed E-state index contributed by atoms with van der Waals surface area (Å²) in [4.78, 5) is 24.1. The number of amides is 1. The number of carbonyl (C=O) groups is 2. The van der Waals surface area contributed by atoms with Crippen LogP contribution in [0.1, 0.15) is 22.0 Å². The van der Waals surface area contributed by atoms with Gasteiger partial charge in [0.25, 0.3) is 0 Å². The molecule has 0 radical (unpaired) electrons. The zero-order chi connectivity index (χ0) is 14.8. The minimum Gasteiger partial charge on any atom is -0.435 e. The van der Waals surface area contributed by atoms with Gasteiger partial charge in [-0.25, -0.2) is 4.79 Å². The lowest BCUT2D eigenvalue weighted by Gasteiger charge is -2.16. The maximum atomic E-state index is 12.6. The lowest BCUT2D eigenvalue weighted by atomic mass is 9.96. The van der Waals surface area contributed by atoms with E-state index in [9.17, 15) is 9.59 Å². The van der Waals surface area contributed by atoms with Crippen molar-refractivity contribution in [3.63, 3.8) is 0 Å². The van der Waals surface area contributed by atoms with E-state index in [4.69, 9.17) is 4.74 Å². The summed E-state index contributed by atoms with van der Waals surface area (Å²) in [6.45, 7) is 0. The second-order valence-electron chi connectivity index (χ2n) is 4.73. The SMILES string of the molecule is O=C1N[C@H](c2ccccc2)[C@H](C(=O)c2ccc(Br)cc2)O1. The quantitative estimate of drug-likeness (QED) is 0.866. The van der Waals surface area contributed by atoms with Crippen molar-refractivity contribution in [1.82, 2.24) is 5.32 Å². The number of benzene rings is 2. The number of halogens is 1. The number of carbonyl (C=O) groups excluding carboxylic acids is 2. The number of nitrogens with one attached hydrogen (secondary N) is 1. The molecule has 5 heteroatoms. The van der Waals surface area contributed by atoms with Crippen LogP contribution >= 0.6 is 15.9 Å². The van der Waals surface area contributed by atoms with Crippen molar-refractivity contribution < 1.29 is 14.3 Å². The van der Waals surface area contributed by atoms with Gasteiger partial charge in [-0.15, -0.1) is 0 Å². The van der Waals surface area contributed by atoms with Gasteiger partial charge in [-0.05, 0) is 17.7 Å². The highest BCUT2D eigenvalue weighted by molar-refractivity contribution is 9.10. The van der Waals surface area contributed by atoms with E-state index < -0.39 is 18.2 Å². The number of rotatable bonds is 3. The van der Waals surface area contributed by atoms with Gasteiger partial charge in [0.1, 0.15) is 6.04 Å². The van der Waals surface area contributed by atoms with Crippen molar-refractivity contribution in [2.24, 2.45) is 0 Å². The van der Waals surface area contributed by atoms with E-state index in [1.54, 1.807) is 24.3 Å². The van der Waals surface area contributed by atoms with Gasteiger partial charge in [-0.2, -0.15) is 0 Å². The van der Waals surface area contributed by atoms with Gasteiger partial charge in [-0.3, -0.25) is 4.79 Å². The molecule has 106 valence electrons. The minimum absolute atomic E-state index is 0.213. The van der Waals surface area contributed by atoms with Crippen molar-refractivity contribution in [2.45, 2.75) is 12.1 Å². The zero-order valence-corrected chi connectivity index (χ0v) is 12.5. The Morgan fingerprint density at radius 1 is 1.05 bits per heavy atom. The van der Waals surface area contributed by atoms with E-state index in [2.05, 4.69) is 21.2 Å². The molecule has 1 fully saturated rings. The zero-order valence-electron chi connectivity index (χ0n) is 11.0. The summed E-state index contributed by atoms with van der Waals surface area (Å²) in [7, 11) is 0. The lowest BCUT2D eigenvalue weighted by Crippen LogP contribution is -2.29. The predicted octanol–water partition coefficient (Wildman–Crippen LogP) is 3.48. The number of alkyl carbamates (subject to hydrolysis) is 1. The molecule has 1 amide bonds. The van der Waals surface area contributed by atoms with Crippen molar-refractivity contribution in [3.05, 3.63) is 70.2 Å². The van der Waals surface area contributed by atoms with Gasteiger partial charge in [0, 0.05) is 10.0 Å². The standard InChI is InChI=1S/C16H12BrNO3/c17-12-8-6-11(7-9-12)14(19)15-13(18-16(20)21-15)10-4-2-1-3-5-10/h1-9,13,15H,(H,18,20)/t13-,15-/m1/s1.